The molecule has 0 atom stereocenters. The summed E-state index contributed by atoms with van der Waals surface area (Å²) < 4.78 is 52.5. The average Bonchev–Trinajstić information content (AvgIpc) is 2.06. The van der Waals surface area contributed by atoms with Gasteiger partial charge in [-0.2, -0.15) is 0 Å². The Bertz CT molecular complexity index is 329. The van der Waals surface area contributed by atoms with Gasteiger partial charge >= 0.3 is 58.4 Å². The van der Waals surface area contributed by atoms with Crippen molar-refractivity contribution >= 4 is 6.98 Å². The summed E-state index contributed by atoms with van der Waals surface area (Å²) in [5.74, 6) is -0.676. The summed E-state index contributed by atoms with van der Waals surface area (Å²) in [5.41, 5.74) is 0.370. The zero-order valence-electron chi connectivity index (χ0n) is 8.44. The molecular formula is C8H8BF4KO. The van der Waals surface area contributed by atoms with E-state index in [4.69, 9.17) is 0 Å². The van der Waals surface area contributed by atoms with E-state index in [9.17, 15) is 17.3 Å². The Kier molecular flexibility index (Phi) is 6.43. The number of hydrogen-bond acceptors (Lipinski definition) is 1. The van der Waals surface area contributed by atoms with Gasteiger partial charge in [-0.15, -0.1) is 0 Å². The van der Waals surface area contributed by atoms with Gasteiger partial charge in [0.2, 0.25) is 0 Å². The third-order valence-electron chi connectivity index (χ3n) is 1.58. The summed E-state index contributed by atoms with van der Waals surface area (Å²) in [5, 5.41) is 0. The Morgan fingerprint density at radius 3 is 2.33 bits per heavy atom. The molecule has 1 aromatic rings. The van der Waals surface area contributed by atoms with Gasteiger partial charge in [-0.25, -0.2) is 4.39 Å². The Labute approximate surface area is 128 Å². The molecule has 0 unspecified atom stereocenters. The van der Waals surface area contributed by atoms with Crippen LogP contribution in [0.4, 0.5) is 17.3 Å². The first-order valence-electron chi connectivity index (χ1n) is 3.98. The maximum atomic E-state index is 12.8. The molecule has 0 spiro atoms. The minimum Gasteiger partial charge on any atom is -0.522 e. The van der Waals surface area contributed by atoms with Crippen LogP contribution in [0, 0.1) is 12.7 Å². The SMILES string of the molecule is Cc1ccc(OC[B-](F)(F)F)cc1F.[K+]. The number of rotatable bonds is 3. The summed E-state index contributed by atoms with van der Waals surface area (Å²) in [4.78, 5) is 0. The maximum Gasteiger partial charge on any atom is 1.00 e. The second kappa shape index (κ2) is 6.24. The molecule has 1 nitrogen and oxygen atoms in total. The normalized spacial score (nSPS) is 10.7. The molecule has 15 heavy (non-hydrogen) atoms. The largest absolute Gasteiger partial charge is 1.00 e. The Balaban J connectivity index is 0.00000196. The van der Waals surface area contributed by atoms with Crippen molar-refractivity contribution in [2.45, 2.75) is 6.92 Å². The molecule has 0 saturated heterocycles. The molecule has 0 aromatic heterocycles. The number of benzene rings is 1. The summed E-state index contributed by atoms with van der Waals surface area (Å²) >= 11 is 0. The molecule has 0 aliphatic carbocycles. The van der Waals surface area contributed by atoms with Crippen LogP contribution in [0.5, 0.6) is 5.75 Å². The monoisotopic (exact) mass is 246 g/mol. The van der Waals surface area contributed by atoms with Crippen molar-refractivity contribution < 1.29 is 73.5 Å². The first kappa shape index (κ1) is 15.4. The smallest absolute Gasteiger partial charge is 0.522 e. The van der Waals surface area contributed by atoms with Gasteiger partial charge in [0, 0.05) is 6.07 Å². The molecule has 0 saturated carbocycles. The van der Waals surface area contributed by atoms with Gasteiger partial charge in [0.05, 0.1) is 6.51 Å². The van der Waals surface area contributed by atoms with Crippen molar-refractivity contribution in [2.75, 3.05) is 6.51 Å². The zero-order chi connectivity index (χ0) is 10.8. The molecule has 0 amide bonds. The van der Waals surface area contributed by atoms with Crippen LogP contribution in [0.1, 0.15) is 5.56 Å². The average molecular weight is 246 g/mol. The molecule has 0 aliphatic rings. The van der Waals surface area contributed by atoms with Crippen molar-refractivity contribution in [2.24, 2.45) is 0 Å². The van der Waals surface area contributed by atoms with Crippen LogP contribution in [0.3, 0.4) is 0 Å². The maximum absolute atomic E-state index is 12.8. The fourth-order valence-electron chi connectivity index (χ4n) is 0.854. The summed E-state index contributed by atoms with van der Waals surface area (Å²) in [6.07, 6.45) is 0. The fraction of sp³-hybridized carbons (Fsp3) is 0.250. The van der Waals surface area contributed by atoms with E-state index < -0.39 is 19.3 Å². The van der Waals surface area contributed by atoms with Crippen molar-refractivity contribution in [3.05, 3.63) is 29.6 Å². The number of aryl methyl sites for hydroxylation is 1. The molecule has 0 N–H and O–H groups in total. The van der Waals surface area contributed by atoms with Gasteiger partial charge in [0.15, 0.2) is 0 Å². The van der Waals surface area contributed by atoms with Crippen molar-refractivity contribution in [1.82, 2.24) is 0 Å². The van der Waals surface area contributed by atoms with Crippen LogP contribution in [-0.4, -0.2) is 13.5 Å². The number of hydrogen-bond donors (Lipinski definition) is 0. The van der Waals surface area contributed by atoms with Gasteiger partial charge < -0.3 is 17.7 Å². The van der Waals surface area contributed by atoms with Gasteiger partial charge in [-0.1, -0.05) is 6.07 Å². The van der Waals surface area contributed by atoms with Crippen LogP contribution < -0.4 is 56.1 Å². The van der Waals surface area contributed by atoms with Crippen LogP contribution >= 0.6 is 0 Å². The first-order valence-corrected chi connectivity index (χ1v) is 3.98. The third kappa shape index (κ3) is 5.91. The van der Waals surface area contributed by atoms with Crippen molar-refractivity contribution in [3.63, 3.8) is 0 Å². The van der Waals surface area contributed by atoms with Crippen LogP contribution in [0.25, 0.3) is 0 Å². The van der Waals surface area contributed by atoms with Crippen LogP contribution in [0.15, 0.2) is 18.2 Å². The molecule has 0 fully saturated rings. The van der Waals surface area contributed by atoms with E-state index >= 15 is 0 Å². The summed E-state index contributed by atoms with van der Waals surface area (Å²) in [6, 6.07) is 3.62. The van der Waals surface area contributed by atoms with Gasteiger partial charge in [0.25, 0.3) is 0 Å². The standard InChI is InChI=1S/C8H8BF4O.K/c1-6-2-3-7(4-8(6)10)14-5-9(11,12)13;/h2-4H,5H2,1H3;/q-1;+1. The second-order valence-corrected chi connectivity index (χ2v) is 2.93. The van der Waals surface area contributed by atoms with Crippen molar-refractivity contribution in [3.8, 4) is 5.75 Å². The number of halogens is 4. The van der Waals surface area contributed by atoms with E-state index in [1.807, 2.05) is 0 Å². The van der Waals surface area contributed by atoms with Crippen molar-refractivity contribution in [1.29, 1.82) is 0 Å². The minimum atomic E-state index is -4.99. The van der Waals surface area contributed by atoms with E-state index in [0.717, 1.165) is 6.07 Å². The van der Waals surface area contributed by atoms with Gasteiger partial charge in [-0.05, 0) is 18.6 Å². The molecular weight excluding hydrogens is 238 g/mol. The van der Waals surface area contributed by atoms with E-state index in [1.54, 1.807) is 0 Å². The van der Waals surface area contributed by atoms with E-state index in [-0.39, 0.29) is 57.1 Å². The third-order valence-corrected chi connectivity index (χ3v) is 1.58. The van der Waals surface area contributed by atoms with Gasteiger partial charge in [-0.3, -0.25) is 0 Å². The Hall–Kier alpha value is 0.441. The molecule has 0 heterocycles. The summed E-state index contributed by atoms with van der Waals surface area (Å²) in [7, 11) is 0. The molecule has 78 valence electrons. The Morgan fingerprint density at radius 1 is 1.27 bits per heavy atom. The molecule has 0 bridgehead atoms. The van der Waals surface area contributed by atoms with E-state index in [1.165, 1.54) is 19.1 Å². The zero-order valence-corrected chi connectivity index (χ0v) is 11.6. The molecule has 1 aromatic carbocycles. The van der Waals surface area contributed by atoms with E-state index in [2.05, 4.69) is 4.74 Å². The molecule has 0 radical (unpaired) electrons. The van der Waals surface area contributed by atoms with Crippen LogP contribution in [-0.2, 0) is 0 Å². The predicted octanol–water partition coefficient (Wildman–Crippen LogP) is -0.0965. The molecule has 7 heteroatoms. The van der Waals surface area contributed by atoms with E-state index in [0.29, 0.717) is 5.56 Å². The Morgan fingerprint density at radius 2 is 1.87 bits per heavy atom. The quantitative estimate of drug-likeness (QED) is 0.534. The number of ether oxygens (including phenoxy) is 1. The predicted molar refractivity (Wildman–Crippen MR) is 45.7 cm³/mol. The first-order chi connectivity index (χ1) is 6.38. The van der Waals surface area contributed by atoms with Gasteiger partial charge in [0.1, 0.15) is 11.6 Å². The molecule has 0 aliphatic heterocycles. The topological polar surface area (TPSA) is 9.23 Å². The second-order valence-electron chi connectivity index (χ2n) is 2.93. The molecule has 1 rings (SSSR count). The fourth-order valence-corrected chi connectivity index (χ4v) is 0.854. The van der Waals surface area contributed by atoms with Crippen LogP contribution in [0.2, 0.25) is 0 Å². The minimum absolute atomic E-state index is 0. The summed E-state index contributed by atoms with van der Waals surface area (Å²) in [6.45, 7) is -4.82.